The highest BCUT2D eigenvalue weighted by atomic mass is 19.4. The molecule has 204 valence electrons. The molecular formula is C25H20F7NO5. The second-order valence-corrected chi connectivity index (χ2v) is 8.16. The Kier molecular flexibility index (Phi) is 8.69. The number of carboxylic acid groups (broad SMARTS) is 1. The predicted octanol–water partition coefficient (Wildman–Crippen LogP) is 6.37. The molecular weight excluding hydrogens is 527 g/mol. The van der Waals surface area contributed by atoms with E-state index in [9.17, 15) is 45.4 Å². The maximum atomic E-state index is 13.7. The lowest BCUT2D eigenvalue weighted by Crippen LogP contribution is -2.41. The van der Waals surface area contributed by atoms with Gasteiger partial charge in [-0.15, -0.1) is 13.2 Å². The van der Waals surface area contributed by atoms with Crippen LogP contribution in [0.4, 0.5) is 30.7 Å². The number of aliphatic carboxylic acids is 1. The second-order valence-electron chi connectivity index (χ2n) is 8.16. The Bertz CT molecular complexity index is 1290. The molecule has 0 aliphatic rings. The van der Waals surface area contributed by atoms with E-state index in [1.165, 1.54) is 30.3 Å². The molecule has 3 aromatic carbocycles. The highest BCUT2D eigenvalue weighted by Gasteiger charge is 2.31. The molecule has 38 heavy (non-hydrogen) atoms. The average Bonchev–Trinajstić information content (AvgIpc) is 2.80. The third-order valence-corrected chi connectivity index (χ3v) is 5.27. The Hall–Kier alpha value is -4.03. The van der Waals surface area contributed by atoms with Gasteiger partial charge < -0.3 is 19.9 Å². The predicted molar refractivity (Wildman–Crippen MR) is 120 cm³/mol. The molecule has 3 aromatic rings. The van der Waals surface area contributed by atoms with Crippen LogP contribution in [0.15, 0.2) is 54.6 Å². The van der Waals surface area contributed by atoms with E-state index in [2.05, 4.69) is 10.1 Å². The molecule has 0 aromatic heterocycles. The Balaban J connectivity index is 1.84. The van der Waals surface area contributed by atoms with Crippen LogP contribution in [0.3, 0.4) is 0 Å². The van der Waals surface area contributed by atoms with Gasteiger partial charge in [-0.1, -0.05) is 18.2 Å². The summed E-state index contributed by atoms with van der Waals surface area (Å²) in [4.78, 5) is 24.5. The SMILES string of the molecule is O=C(N[C@@H](CCCC(F)(F)F)C(=O)O)c1ccc2cc(F)ccc2c1OCc1ccc(OC(F)(F)F)cc1. The van der Waals surface area contributed by atoms with Crippen LogP contribution < -0.4 is 14.8 Å². The summed E-state index contributed by atoms with van der Waals surface area (Å²) >= 11 is 0. The number of carboxylic acids is 1. The molecule has 1 atom stereocenters. The van der Waals surface area contributed by atoms with E-state index in [4.69, 9.17) is 4.74 Å². The van der Waals surface area contributed by atoms with Crippen LogP contribution in [0, 0.1) is 5.82 Å². The van der Waals surface area contributed by atoms with Crippen LogP contribution in [-0.4, -0.2) is 35.6 Å². The number of hydrogen-bond donors (Lipinski definition) is 2. The number of halogens is 7. The fourth-order valence-corrected chi connectivity index (χ4v) is 3.55. The van der Waals surface area contributed by atoms with Gasteiger partial charge in [-0.25, -0.2) is 9.18 Å². The number of carbonyl (C=O) groups excluding carboxylic acids is 1. The first-order valence-corrected chi connectivity index (χ1v) is 11.0. The first-order valence-electron chi connectivity index (χ1n) is 11.0. The van der Waals surface area contributed by atoms with Crippen LogP contribution in [0.5, 0.6) is 11.5 Å². The molecule has 0 fully saturated rings. The van der Waals surface area contributed by atoms with Gasteiger partial charge in [0.25, 0.3) is 5.91 Å². The minimum atomic E-state index is -4.88. The lowest BCUT2D eigenvalue weighted by molar-refractivity contribution is -0.274. The molecule has 0 aliphatic carbocycles. The van der Waals surface area contributed by atoms with Crippen LogP contribution in [0.25, 0.3) is 10.8 Å². The number of benzene rings is 3. The van der Waals surface area contributed by atoms with Crippen molar-refractivity contribution >= 4 is 22.6 Å². The summed E-state index contributed by atoms with van der Waals surface area (Å²) in [6.45, 7) is -0.253. The zero-order valence-corrected chi connectivity index (χ0v) is 19.3. The molecule has 6 nitrogen and oxygen atoms in total. The van der Waals surface area contributed by atoms with E-state index < -0.39 is 61.3 Å². The number of ether oxygens (including phenoxy) is 2. The van der Waals surface area contributed by atoms with Crippen LogP contribution >= 0.6 is 0 Å². The normalized spacial score (nSPS) is 12.7. The summed E-state index contributed by atoms with van der Waals surface area (Å²) < 4.78 is 97.8. The Labute approximate surface area is 211 Å². The van der Waals surface area contributed by atoms with Gasteiger partial charge >= 0.3 is 18.5 Å². The van der Waals surface area contributed by atoms with Crippen LogP contribution in [-0.2, 0) is 11.4 Å². The Morgan fingerprint density at radius 2 is 1.63 bits per heavy atom. The molecule has 0 spiro atoms. The quantitative estimate of drug-likeness (QED) is 0.288. The van der Waals surface area contributed by atoms with E-state index in [1.807, 2.05) is 0 Å². The number of rotatable bonds is 10. The van der Waals surface area contributed by atoms with Crippen molar-refractivity contribution in [2.45, 2.75) is 44.4 Å². The summed E-state index contributed by atoms with van der Waals surface area (Å²) in [5.41, 5.74) is 0.198. The molecule has 3 rings (SSSR count). The zero-order valence-electron chi connectivity index (χ0n) is 19.3. The van der Waals surface area contributed by atoms with Crippen molar-refractivity contribution in [2.24, 2.45) is 0 Å². The van der Waals surface area contributed by atoms with Gasteiger partial charge in [0.15, 0.2) is 0 Å². The summed E-state index contributed by atoms with van der Waals surface area (Å²) in [6, 6.07) is 9.23. The van der Waals surface area contributed by atoms with E-state index in [0.29, 0.717) is 10.9 Å². The van der Waals surface area contributed by atoms with Gasteiger partial charge in [0, 0.05) is 11.8 Å². The van der Waals surface area contributed by atoms with Gasteiger partial charge in [0.1, 0.15) is 30.0 Å². The molecule has 1 amide bonds. The largest absolute Gasteiger partial charge is 0.573 e. The van der Waals surface area contributed by atoms with Crippen molar-refractivity contribution in [3.05, 3.63) is 71.5 Å². The highest BCUT2D eigenvalue weighted by Crippen LogP contribution is 2.32. The van der Waals surface area contributed by atoms with Gasteiger partial charge in [-0.3, -0.25) is 4.79 Å². The van der Waals surface area contributed by atoms with E-state index in [0.717, 1.165) is 24.3 Å². The van der Waals surface area contributed by atoms with Gasteiger partial charge in [-0.2, -0.15) is 13.2 Å². The summed E-state index contributed by atoms with van der Waals surface area (Å²) in [5.74, 6) is -3.63. The molecule has 0 radical (unpaired) electrons. The van der Waals surface area contributed by atoms with Crippen molar-refractivity contribution in [3.8, 4) is 11.5 Å². The smallest absolute Gasteiger partial charge is 0.487 e. The molecule has 0 saturated carbocycles. The first-order chi connectivity index (χ1) is 17.7. The average molecular weight is 547 g/mol. The number of hydrogen-bond acceptors (Lipinski definition) is 4. The maximum absolute atomic E-state index is 13.7. The van der Waals surface area contributed by atoms with Crippen LogP contribution in [0.1, 0.15) is 35.2 Å². The summed E-state index contributed by atoms with van der Waals surface area (Å²) in [6.07, 6.45) is -11.6. The Morgan fingerprint density at radius 3 is 2.24 bits per heavy atom. The standard InChI is InChI=1S/C25H20F7NO5/c26-16-6-10-18-15(12-16)5-9-19(22(34)33-20(23(35)36)2-1-11-24(27,28)29)21(18)37-13-14-3-7-17(8-4-14)38-25(30,31)32/h3-10,12,20H,1-2,11,13H2,(H,33,34)(H,35,36)/t20-/m0/s1. The molecule has 13 heteroatoms. The van der Waals surface area contributed by atoms with Crippen molar-refractivity contribution in [1.29, 1.82) is 0 Å². The number of nitrogens with one attached hydrogen (secondary N) is 1. The minimum Gasteiger partial charge on any atom is -0.487 e. The zero-order chi connectivity index (χ0) is 28.1. The lowest BCUT2D eigenvalue weighted by Gasteiger charge is -2.18. The Morgan fingerprint density at radius 1 is 0.947 bits per heavy atom. The third kappa shape index (κ3) is 8.25. The number of alkyl halides is 6. The number of amides is 1. The van der Waals surface area contributed by atoms with Crippen molar-refractivity contribution in [1.82, 2.24) is 5.32 Å². The highest BCUT2D eigenvalue weighted by molar-refractivity contribution is 6.04. The molecule has 0 unspecified atom stereocenters. The maximum Gasteiger partial charge on any atom is 0.573 e. The van der Waals surface area contributed by atoms with E-state index in [1.54, 1.807) is 0 Å². The molecule has 0 heterocycles. The lowest BCUT2D eigenvalue weighted by atomic mass is 10.0. The molecule has 2 N–H and O–H groups in total. The van der Waals surface area contributed by atoms with E-state index in [-0.39, 0.29) is 23.3 Å². The topological polar surface area (TPSA) is 84.9 Å². The third-order valence-electron chi connectivity index (χ3n) is 5.27. The fraction of sp³-hybridized carbons (Fsp3) is 0.280. The molecule has 0 aliphatic heterocycles. The minimum absolute atomic E-state index is 0.0879. The van der Waals surface area contributed by atoms with Crippen molar-refractivity contribution in [2.75, 3.05) is 0 Å². The van der Waals surface area contributed by atoms with Crippen LogP contribution in [0.2, 0.25) is 0 Å². The summed E-state index contributed by atoms with van der Waals surface area (Å²) in [7, 11) is 0. The summed E-state index contributed by atoms with van der Waals surface area (Å²) in [5, 5.41) is 12.1. The van der Waals surface area contributed by atoms with Crippen molar-refractivity contribution < 1.29 is 54.9 Å². The van der Waals surface area contributed by atoms with Crippen molar-refractivity contribution in [3.63, 3.8) is 0 Å². The molecule has 0 saturated heterocycles. The van der Waals surface area contributed by atoms with Gasteiger partial charge in [0.05, 0.1) is 5.56 Å². The van der Waals surface area contributed by atoms with Gasteiger partial charge in [-0.05, 0) is 60.2 Å². The second kappa shape index (κ2) is 11.6. The first kappa shape index (κ1) is 28.5. The number of fused-ring (bicyclic) bond motifs is 1. The number of carbonyl (C=O) groups is 2. The van der Waals surface area contributed by atoms with Gasteiger partial charge in [0.2, 0.25) is 0 Å². The molecule has 0 bridgehead atoms. The van der Waals surface area contributed by atoms with E-state index >= 15 is 0 Å². The fourth-order valence-electron chi connectivity index (χ4n) is 3.55. The monoisotopic (exact) mass is 547 g/mol.